The second-order valence-corrected chi connectivity index (χ2v) is 3.32. The number of carbonyl (C=O) groups is 1. The van der Waals surface area contributed by atoms with Crippen LogP contribution in [0, 0.1) is 11.8 Å². The van der Waals surface area contributed by atoms with Crippen LogP contribution in [-0.4, -0.2) is 18.2 Å². The minimum atomic E-state index is -1.30. The molecule has 3 nitrogen and oxygen atoms in total. The Morgan fingerprint density at radius 1 is 1.44 bits per heavy atom. The van der Waals surface area contributed by atoms with Crippen LogP contribution in [-0.2, 0) is 15.1 Å². The van der Waals surface area contributed by atoms with Crippen LogP contribution in [0.25, 0.3) is 0 Å². The fourth-order valence-electron chi connectivity index (χ4n) is 1.28. The van der Waals surface area contributed by atoms with E-state index >= 15 is 0 Å². The summed E-state index contributed by atoms with van der Waals surface area (Å²) < 4.78 is 4.40. The van der Waals surface area contributed by atoms with Crippen LogP contribution in [0.1, 0.15) is 18.9 Å². The summed E-state index contributed by atoms with van der Waals surface area (Å²) in [6.45, 7) is 1.80. The Morgan fingerprint density at radius 2 is 2.06 bits per heavy atom. The number of hydrogen-bond donors (Lipinski definition) is 1. The number of esters is 1. The van der Waals surface area contributed by atoms with Crippen molar-refractivity contribution in [3.05, 3.63) is 35.9 Å². The molecule has 0 saturated carbocycles. The molecule has 0 bridgehead atoms. The van der Waals surface area contributed by atoms with Crippen LogP contribution in [0.2, 0.25) is 0 Å². The first-order chi connectivity index (χ1) is 7.62. The predicted octanol–water partition coefficient (Wildman–Crippen LogP) is 1.46. The van der Waals surface area contributed by atoms with Gasteiger partial charge in [-0.2, -0.15) is 0 Å². The lowest BCUT2D eigenvalue weighted by molar-refractivity contribution is -0.133. The number of rotatable bonds is 2. The van der Waals surface area contributed by atoms with E-state index in [0.717, 1.165) is 0 Å². The summed E-state index contributed by atoms with van der Waals surface area (Å²) in [5, 5.41) is 10.3. The van der Waals surface area contributed by atoms with Gasteiger partial charge in [-0.05, 0) is 12.0 Å². The summed E-state index contributed by atoms with van der Waals surface area (Å²) in [4.78, 5) is 10.9. The van der Waals surface area contributed by atoms with Crippen molar-refractivity contribution >= 4 is 5.97 Å². The van der Waals surface area contributed by atoms with Gasteiger partial charge in [0.1, 0.15) is 0 Å². The molecular formula is C13H14O3. The number of ether oxygens (including phenoxy) is 1. The van der Waals surface area contributed by atoms with Gasteiger partial charge in [-0.1, -0.05) is 43.2 Å². The van der Waals surface area contributed by atoms with E-state index in [2.05, 4.69) is 16.6 Å². The van der Waals surface area contributed by atoms with Crippen molar-refractivity contribution < 1.29 is 14.6 Å². The summed E-state index contributed by atoms with van der Waals surface area (Å²) in [5.41, 5.74) is -0.621. The van der Waals surface area contributed by atoms with E-state index in [-0.39, 0.29) is 0 Å². The van der Waals surface area contributed by atoms with Gasteiger partial charge in [0.2, 0.25) is 0 Å². The topological polar surface area (TPSA) is 46.5 Å². The average Bonchev–Trinajstić information content (AvgIpc) is 2.36. The van der Waals surface area contributed by atoms with Gasteiger partial charge in [-0.3, -0.25) is 0 Å². The highest BCUT2D eigenvalue weighted by atomic mass is 16.5. The largest absolute Gasteiger partial charge is 0.459 e. The maximum atomic E-state index is 10.9. The molecule has 1 aromatic rings. The van der Waals surface area contributed by atoms with Gasteiger partial charge in [-0.15, -0.1) is 0 Å². The van der Waals surface area contributed by atoms with E-state index in [9.17, 15) is 9.90 Å². The van der Waals surface area contributed by atoms with Crippen LogP contribution in [0.15, 0.2) is 30.3 Å². The first-order valence-electron chi connectivity index (χ1n) is 5.01. The third kappa shape index (κ3) is 2.85. The van der Waals surface area contributed by atoms with Crippen molar-refractivity contribution in [3.63, 3.8) is 0 Å². The van der Waals surface area contributed by atoms with E-state index in [1.54, 1.807) is 19.1 Å². The van der Waals surface area contributed by atoms with Crippen LogP contribution in [0.4, 0.5) is 0 Å². The minimum Gasteiger partial charge on any atom is -0.459 e. The van der Waals surface area contributed by atoms with Crippen molar-refractivity contribution in [2.24, 2.45) is 0 Å². The molecule has 0 aliphatic carbocycles. The summed E-state index contributed by atoms with van der Waals surface area (Å²) in [7, 11) is 1.25. The zero-order chi connectivity index (χ0) is 12.0. The molecule has 1 aromatic carbocycles. The predicted molar refractivity (Wildman–Crippen MR) is 60.4 cm³/mol. The van der Waals surface area contributed by atoms with Gasteiger partial charge in [0.25, 0.3) is 0 Å². The quantitative estimate of drug-likeness (QED) is 0.464. The van der Waals surface area contributed by atoms with E-state index in [1.807, 2.05) is 18.2 Å². The van der Waals surface area contributed by atoms with Crippen molar-refractivity contribution in [2.45, 2.75) is 18.9 Å². The highest BCUT2D eigenvalue weighted by Gasteiger charge is 2.24. The Balaban J connectivity index is 3.02. The fraction of sp³-hybridized carbons (Fsp3) is 0.308. The second-order valence-electron chi connectivity index (χ2n) is 3.32. The van der Waals surface area contributed by atoms with Gasteiger partial charge >= 0.3 is 5.97 Å². The second kappa shape index (κ2) is 5.34. The first-order valence-corrected chi connectivity index (χ1v) is 5.01. The maximum absolute atomic E-state index is 10.9. The highest BCUT2D eigenvalue weighted by Crippen LogP contribution is 2.23. The van der Waals surface area contributed by atoms with Crippen LogP contribution < -0.4 is 0 Å². The normalized spacial score (nSPS) is 13.2. The highest BCUT2D eigenvalue weighted by molar-refractivity contribution is 5.88. The Morgan fingerprint density at radius 3 is 2.56 bits per heavy atom. The molecule has 1 rings (SSSR count). The van der Waals surface area contributed by atoms with Gasteiger partial charge in [0.15, 0.2) is 5.60 Å². The molecule has 0 saturated heterocycles. The van der Waals surface area contributed by atoms with Crippen LogP contribution in [0.3, 0.4) is 0 Å². The number of hydrogen-bond acceptors (Lipinski definition) is 3. The number of aliphatic hydroxyl groups is 1. The molecule has 0 spiro atoms. The van der Waals surface area contributed by atoms with E-state index < -0.39 is 11.6 Å². The third-order valence-corrected chi connectivity index (χ3v) is 2.32. The lowest BCUT2D eigenvalue weighted by atomic mass is 9.92. The van der Waals surface area contributed by atoms with Gasteiger partial charge in [0, 0.05) is 5.92 Å². The van der Waals surface area contributed by atoms with Crippen LogP contribution in [0.5, 0.6) is 0 Å². The summed E-state index contributed by atoms with van der Waals surface area (Å²) in [6.07, 6.45) is 0.404. The molecule has 0 heterocycles. The molecule has 1 atom stereocenters. The summed E-state index contributed by atoms with van der Waals surface area (Å²) in [6, 6.07) is 9.03. The molecule has 0 amide bonds. The van der Waals surface area contributed by atoms with Crippen LogP contribution >= 0.6 is 0 Å². The molecule has 0 fully saturated rings. The smallest absolute Gasteiger partial charge is 0.384 e. The van der Waals surface area contributed by atoms with Crippen molar-refractivity contribution in [1.29, 1.82) is 0 Å². The SMILES string of the molecule is CCC(O)(C#CC(=O)OC)c1ccccc1. The molecule has 0 radical (unpaired) electrons. The Kier molecular flexibility index (Phi) is 4.10. The van der Waals surface area contributed by atoms with E-state index in [1.165, 1.54) is 7.11 Å². The molecule has 0 aromatic heterocycles. The lowest BCUT2D eigenvalue weighted by Gasteiger charge is -2.20. The number of benzene rings is 1. The summed E-state index contributed by atoms with van der Waals surface area (Å²) in [5.74, 6) is 4.15. The standard InChI is InChI=1S/C13H14O3/c1-3-13(15,10-9-12(14)16-2)11-7-5-4-6-8-11/h4-8,15H,3H2,1-2H3. The Hall–Kier alpha value is -1.79. The first kappa shape index (κ1) is 12.3. The number of methoxy groups -OCH3 is 1. The molecule has 3 heteroatoms. The number of carbonyl (C=O) groups excluding carboxylic acids is 1. The summed E-state index contributed by atoms with van der Waals surface area (Å²) >= 11 is 0. The van der Waals surface area contributed by atoms with Crippen molar-refractivity contribution in [1.82, 2.24) is 0 Å². The monoisotopic (exact) mass is 218 g/mol. The molecular weight excluding hydrogens is 204 g/mol. The minimum absolute atomic E-state index is 0.404. The molecule has 0 aliphatic rings. The molecule has 16 heavy (non-hydrogen) atoms. The van der Waals surface area contributed by atoms with Gasteiger partial charge < -0.3 is 9.84 Å². The zero-order valence-electron chi connectivity index (χ0n) is 9.36. The van der Waals surface area contributed by atoms with E-state index in [0.29, 0.717) is 12.0 Å². The zero-order valence-corrected chi connectivity index (χ0v) is 9.36. The third-order valence-electron chi connectivity index (χ3n) is 2.32. The molecule has 1 unspecified atom stereocenters. The van der Waals surface area contributed by atoms with Crippen molar-refractivity contribution in [2.75, 3.05) is 7.11 Å². The molecule has 1 N–H and O–H groups in total. The Labute approximate surface area is 95.1 Å². The fourth-order valence-corrected chi connectivity index (χ4v) is 1.28. The van der Waals surface area contributed by atoms with Crippen molar-refractivity contribution in [3.8, 4) is 11.8 Å². The maximum Gasteiger partial charge on any atom is 0.384 e. The van der Waals surface area contributed by atoms with E-state index in [4.69, 9.17) is 0 Å². The van der Waals surface area contributed by atoms with Gasteiger partial charge in [0.05, 0.1) is 7.11 Å². The lowest BCUT2D eigenvalue weighted by Crippen LogP contribution is -2.22. The van der Waals surface area contributed by atoms with Gasteiger partial charge in [-0.25, -0.2) is 4.79 Å². The average molecular weight is 218 g/mol. The molecule has 0 aliphatic heterocycles. The molecule has 84 valence electrons. The Bertz CT molecular complexity index is 414.